The van der Waals surface area contributed by atoms with E-state index >= 15 is 0 Å². The second-order valence-electron chi connectivity index (χ2n) is 6.14. The summed E-state index contributed by atoms with van der Waals surface area (Å²) in [4.78, 5) is 15.7. The van der Waals surface area contributed by atoms with Crippen molar-refractivity contribution in [3.8, 4) is 12.1 Å². The molecule has 0 aliphatic rings. The lowest BCUT2D eigenvalue weighted by Gasteiger charge is -2.20. The van der Waals surface area contributed by atoms with Crippen molar-refractivity contribution in [3.63, 3.8) is 0 Å². The minimum absolute atomic E-state index is 0.0302. The number of hydrogen-bond donors (Lipinski definition) is 1. The molecule has 3 aromatic rings. The second-order valence-corrected chi connectivity index (χ2v) is 6.14. The van der Waals surface area contributed by atoms with Crippen LogP contribution in [0, 0.1) is 22.7 Å². The summed E-state index contributed by atoms with van der Waals surface area (Å²) >= 11 is 0. The van der Waals surface area contributed by atoms with Gasteiger partial charge >= 0.3 is 5.97 Å². The molecule has 0 spiro atoms. The van der Waals surface area contributed by atoms with Crippen LogP contribution >= 0.6 is 0 Å². The van der Waals surface area contributed by atoms with Gasteiger partial charge in [-0.05, 0) is 35.4 Å². The van der Waals surface area contributed by atoms with Crippen molar-refractivity contribution >= 4 is 5.97 Å². The van der Waals surface area contributed by atoms with Gasteiger partial charge in [0.1, 0.15) is 6.10 Å². The van der Waals surface area contributed by atoms with Crippen molar-refractivity contribution in [3.05, 3.63) is 88.5 Å². The Kier molecular flexibility index (Phi) is 5.50. The molecule has 1 heterocycles. The first kappa shape index (κ1) is 18.8. The van der Waals surface area contributed by atoms with Crippen molar-refractivity contribution in [2.24, 2.45) is 7.05 Å². The lowest BCUT2D eigenvalue weighted by molar-refractivity contribution is 0.0583. The third-order valence-corrected chi connectivity index (χ3v) is 4.34. The molecule has 3 rings (SSSR count). The van der Waals surface area contributed by atoms with Crippen molar-refractivity contribution in [1.82, 2.24) is 9.55 Å². The number of rotatable bonds is 6. The number of imidazole rings is 1. The van der Waals surface area contributed by atoms with E-state index in [1.54, 1.807) is 48.9 Å². The highest BCUT2D eigenvalue weighted by Gasteiger charge is 2.20. The minimum Gasteiger partial charge on any atom is -0.478 e. The van der Waals surface area contributed by atoms with Crippen LogP contribution in [0.1, 0.15) is 44.4 Å². The van der Waals surface area contributed by atoms with E-state index in [2.05, 4.69) is 11.1 Å². The Hall–Kier alpha value is -3.94. The molecule has 0 fully saturated rings. The van der Waals surface area contributed by atoms with Gasteiger partial charge in [-0.15, -0.1) is 0 Å². The van der Waals surface area contributed by atoms with E-state index in [0.29, 0.717) is 11.1 Å². The fourth-order valence-electron chi connectivity index (χ4n) is 2.85. The van der Waals surface area contributed by atoms with Crippen LogP contribution in [0.4, 0.5) is 0 Å². The monoisotopic (exact) mass is 372 g/mol. The SMILES string of the molecule is Cn1cncc1C(OCc1ccc(C#N)cc1C(=O)O)c1ccc(C#N)cc1. The summed E-state index contributed by atoms with van der Waals surface area (Å²) < 4.78 is 7.91. The smallest absolute Gasteiger partial charge is 0.336 e. The van der Waals surface area contributed by atoms with Gasteiger partial charge in [-0.3, -0.25) is 0 Å². The molecule has 0 saturated heterocycles. The van der Waals surface area contributed by atoms with Crippen LogP contribution in [0.15, 0.2) is 55.0 Å². The number of carbonyl (C=O) groups is 1. The van der Waals surface area contributed by atoms with Crippen LogP contribution in [0.25, 0.3) is 0 Å². The lowest BCUT2D eigenvalue weighted by atomic mass is 10.0. The summed E-state index contributed by atoms with van der Waals surface area (Å²) in [6.45, 7) is 0.0309. The van der Waals surface area contributed by atoms with E-state index in [0.717, 1.165) is 11.3 Å². The third-order valence-electron chi connectivity index (χ3n) is 4.34. The molecular weight excluding hydrogens is 356 g/mol. The van der Waals surface area contributed by atoms with E-state index in [1.165, 1.54) is 6.07 Å². The predicted molar refractivity (Wildman–Crippen MR) is 99.1 cm³/mol. The van der Waals surface area contributed by atoms with E-state index < -0.39 is 12.1 Å². The van der Waals surface area contributed by atoms with E-state index in [9.17, 15) is 9.90 Å². The molecule has 7 heteroatoms. The molecule has 0 saturated carbocycles. The van der Waals surface area contributed by atoms with Gasteiger partial charge in [0.15, 0.2) is 0 Å². The summed E-state index contributed by atoms with van der Waals surface area (Å²) in [5.74, 6) is -1.12. The van der Waals surface area contributed by atoms with Gasteiger partial charge < -0.3 is 14.4 Å². The van der Waals surface area contributed by atoms with Crippen molar-refractivity contribution < 1.29 is 14.6 Å². The fourth-order valence-corrected chi connectivity index (χ4v) is 2.85. The number of nitrogens with zero attached hydrogens (tertiary/aromatic N) is 4. The summed E-state index contributed by atoms with van der Waals surface area (Å²) in [6, 6.07) is 15.5. The molecule has 2 aromatic carbocycles. The van der Waals surface area contributed by atoms with Crippen LogP contribution in [0.2, 0.25) is 0 Å². The highest BCUT2D eigenvalue weighted by Crippen LogP contribution is 2.28. The highest BCUT2D eigenvalue weighted by atomic mass is 16.5. The fraction of sp³-hybridized carbons (Fsp3) is 0.143. The number of hydrogen-bond acceptors (Lipinski definition) is 5. The van der Waals surface area contributed by atoms with Gasteiger partial charge in [-0.25, -0.2) is 9.78 Å². The molecule has 1 aromatic heterocycles. The molecule has 1 unspecified atom stereocenters. The molecule has 0 aliphatic carbocycles. The zero-order valence-corrected chi connectivity index (χ0v) is 15.0. The number of nitriles is 2. The molecule has 0 amide bonds. The molecule has 0 radical (unpaired) electrons. The van der Waals surface area contributed by atoms with E-state index in [-0.39, 0.29) is 17.7 Å². The Morgan fingerprint density at radius 2 is 1.86 bits per heavy atom. The number of aromatic carboxylic acids is 1. The average molecular weight is 372 g/mol. The quantitative estimate of drug-likeness (QED) is 0.711. The maximum Gasteiger partial charge on any atom is 0.336 e. The second kappa shape index (κ2) is 8.17. The first-order valence-corrected chi connectivity index (χ1v) is 8.37. The predicted octanol–water partition coefficient (Wildman–Crippen LogP) is 3.17. The van der Waals surface area contributed by atoms with Gasteiger partial charge in [0.05, 0.1) is 53.7 Å². The van der Waals surface area contributed by atoms with Crippen molar-refractivity contribution in [1.29, 1.82) is 10.5 Å². The molecule has 0 aliphatic heterocycles. The molecule has 1 atom stereocenters. The van der Waals surface area contributed by atoms with Gasteiger partial charge in [-0.2, -0.15) is 10.5 Å². The lowest BCUT2D eigenvalue weighted by Crippen LogP contribution is -2.12. The summed E-state index contributed by atoms with van der Waals surface area (Å²) in [6.07, 6.45) is 2.83. The molecule has 1 N–H and O–H groups in total. The molecule has 28 heavy (non-hydrogen) atoms. The molecule has 0 bridgehead atoms. The topological polar surface area (TPSA) is 112 Å². The Morgan fingerprint density at radius 1 is 1.18 bits per heavy atom. The molecule has 138 valence electrons. The normalized spacial score (nSPS) is 11.4. The number of benzene rings is 2. The zero-order chi connectivity index (χ0) is 20.1. The van der Waals surface area contributed by atoms with Crippen LogP contribution in [-0.2, 0) is 18.4 Å². The highest BCUT2D eigenvalue weighted by molar-refractivity contribution is 5.89. The van der Waals surface area contributed by atoms with Crippen LogP contribution in [-0.4, -0.2) is 20.6 Å². The van der Waals surface area contributed by atoms with Crippen LogP contribution in [0.3, 0.4) is 0 Å². The van der Waals surface area contributed by atoms with Gasteiger partial charge in [0.25, 0.3) is 0 Å². The van der Waals surface area contributed by atoms with Crippen molar-refractivity contribution in [2.45, 2.75) is 12.7 Å². The summed E-state index contributed by atoms with van der Waals surface area (Å²) in [5.41, 5.74) is 2.91. The zero-order valence-electron chi connectivity index (χ0n) is 15.0. The number of carboxylic acid groups (broad SMARTS) is 1. The Bertz CT molecular complexity index is 1090. The van der Waals surface area contributed by atoms with Crippen molar-refractivity contribution in [2.75, 3.05) is 0 Å². The number of aryl methyl sites for hydroxylation is 1. The Labute approximate surface area is 161 Å². The third kappa shape index (κ3) is 3.90. The first-order chi connectivity index (χ1) is 13.5. The van der Waals surface area contributed by atoms with E-state index in [1.807, 2.05) is 17.7 Å². The Morgan fingerprint density at radius 3 is 2.43 bits per heavy atom. The Balaban J connectivity index is 1.93. The summed E-state index contributed by atoms with van der Waals surface area (Å²) in [5, 5.41) is 27.4. The van der Waals surface area contributed by atoms with Gasteiger partial charge in [0, 0.05) is 7.05 Å². The maximum absolute atomic E-state index is 11.5. The minimum atomic E-state index is -1.12. The van der Waals surface area contributed by atoms with Gasteiger partial charge in [0.2, 0.25) is 0 Å². The average Bonchev–Trinajstić information content (AvgIpc) is 3.14. The molecular formula is C21H16N4O3. The van der Waals surface area contributed by atoms with Crippen LogP contribution in [0.5, 0.6) is 0 Å². The van der Waals surface area contributed by atoms with E-state index in [4.69, 9.17) is 15.3 Å². The van der Waals surface area contributed by atoms with Crippen LogP contribution < -0.4 is 0 Å². The number of aromatic nitrogens is 2. The standard InChI is InChI=1S/C21H16N4O3/c1-25-13-24-11-19(25)20(16-5-2-14(9-22)3-6-16)28-12-17-7-4-15(10-23)8-18(17)21(26)27/h2-8,11,13,20H,12H2,1H3,(H,26,27). The number of carboxylic acids is 1. The molecule has 7 nitrogen and oxygen atoms in total. The largest absolute Gasteiger partial charge is 0.478 e. The number of ether oxygens (including phenoxy) is 1. The first-order valence-electron chi connectivity index (χ1n) is 8.37. The maximum atomic E-state index is 11.5. The summed E-state index contributed by atoms with van der Waals surface area (Å²) in [7, 11) is 1.84. The van der Waals surface area contributed by atoms with Gasteiger partial charge in [-0.1, -0.05) is 18.2 Å².